The minimum atomic E-state index is -3.54. The molecule has 0 amide bonds. The van der Waals surface area contributed by atoms with E-state index in [1.807, 2.05) is 19.9 Å². The Labute approximate surface area is 131 Å². The maximum absolute atomic E-state index is 12.2. The molecule has 108 valence electrons. The van der Waals surface area contributed by atoms with E-state index >= 15 is 0 Å². The highest BCUT2D eigenvalue weighted by Gasteiger charge is 2.17. The summed E-state index contributed by atoms with van der Waals surface area (Å²) >= 11 is 4.43. The lowest BCUT2D eigenvalue weighted by molar-refractivity contribution is 0.340. The quantitative estimate of drug-likeness (QED) is 0.858. The molecule has 1 heterocycles. The van der Waals surface area contributed by atoms with Crippen molar-refractivity contribution in [2.24, 2.45) is 0 Å². The van der Waals surface area contributed by atoms with E-state index in [1.54, 1.807) is 24.3 Å². The Morgan fingerprint density at radius 1 is 1.30 bits per heavy atom. The zero-order valence-corrected chi connectivity index (χ0v) is 14.2. The summed E-state index contributed by atoms with van der Waals surface area (Å²) in [7, 11) is -3.54. The number of benzene rings is 1. The van der Waals surface area contributed by atoms with Crippen molar-refractivity contribution in [3.8, 4) is 5.75 Å². The third-order valence-electron chi connectivity index (χ3n) is 2.57. The molecule has 0 spiro atoms. The molecule has 0 aliphatic heterocycles. The minimum Gasteiger partial charge on any atom is -0.494 e. The normalized spacial score (nSPS) is 11.3. The van der Waals surface area contributed by atoms with Gasteiger partial charge in [-0.2, -0.15) is 0 Å². The lowest BCUT2D eigenvalue weighted by Crippen LogP contribution is -2.12. The molecule has 1 aromatic heterocycles. The second kappa shape index (κ2) is 6.15. The first-order chi connectivity index (χ1) is 9.42. The molecule has 0 aliphatic carbocycles. The second-order valence-electron chi connectivity index (χ2n) is 4.07. The van der Waals surface area contributed by atoms with Crippen LogP contribution in [-0.2, 0) is 10.0 Å². The summed E-state index contributed by atoms with van der Waals surface area (Å²) in [6.45, 7) is 4.32. The van der Waals surface area contributed by atoms with Crippen molar-refractivity contribution in [1.29, 1.82) is 0 Å². The van der Waals surface area contributed by atoms with Gasteiger partial charge in [0, 0.05) is 0 Å². The summed E-state index contributed by atoms with van der Waals surface area (Å²) in [4.78, 5) is 0. The summed E-state index contributed by atoms with van der Waals surface area (Å²) in [5, 5.41) is 0. The molecule has 1 N–H and O–H groups in total. The van der Waals surface area contributed by atoms with E-state index in [4.69, 9.17) is 4.74 Å². The van der Waals surface area contributed by atoms with E-state index < -0.39 is 10.0 Å². The zero-order chi connectivity index (χ0) is 14.8. The lowest BCUT2D eigenvalue weighted by atomic mass is 10.2. The van der Waals surface area contributed by atoms with E-state index in [1.165, 1.54) is 11.3 Å². The molecule has 0 atom stereocenters. The molecule has 0 saturated heterocycles. The Kier molecular flexibility index (Phi) is 4.72. The maximum atomic E-state index is 12.2. The van der Waals surface area contributed by atoms with Crippen molar-refractivity contribution in [2.45, 2.75) is 18.1 Å². The van der Waals surface area contributed by atoms with E-state index in [2.05, 4.69) is 20.7 Å². The van der Waals surface area contributed by atoms with Gasteiger partial charge in [-0.3, -0.25) is 4.72 Å². The van der Waals surface area contributed by atoms with Crippen molar-refractivity contribution in [3.63, 3.8) is 0 Å². The number of thiophene rings is 1. The number of nitrogens with one attached hydrogen (secondary N) is 1. The topological polar surface area (TPSA) is 55.4 Å². The van der Waals surface area contributed by atoms with Crippen LogP contribution in [0.1, 0.15) is 12.5 Å². The minimum absolute atomic E-state index is 0.276. The van der Waals surface area contributed by atoms with Crippen LogP contribution in [0.25, 0.3) is 0 Å². The van der Waals surface area contributed by atoms with Crippen molar-refractivity contribution in [3.05, 3.63) is 39.7 Å². The fourth-order valence-corrected chi connectivity index (χ4v) is 4.78. The smallest absolute Gasteiger partial charge is 0.271 e. The predicted molar refractivity (Wildman–Crippen MR) is 85.2 cm³/mol. The van der Waals surface area contributed by atoms with Gasteiger partial charge >= 0.3 is 0 Å². The average Bonchev–Trinajstić information content (AvgIpc) is 2.81. The van der Waals surface area contributed by atoms with Gasteiger partial charge in [-0.25, -0.2) is 8.42 Å². The van der Waals surface area contributed by atoms with Crippen LogP contribution in [0.5, 0.6) is 5.75 Å². The molecule has 7 heteroatoms. The number of sulfonamides is 1. The highest BCUT2D eigenvalue weighted by atomic mass is 79.9. The van der Waals surface area contributed by atoms with Gasteiger partial charge in [-0.15, -0.1) is 11.3 Å². The van der Waals surface area contributed by atoms with Gasteiger partial charge in [0.25, 0.3) is 10.0 Å². The van der Waals surface area contributed by atoms with Crippen LogP contribution in [0.4, 0.5) is 5.69 Å². The van der Waals surface area contributed by atoms with Gasteiger partial charge in [-0.1, -0.05) is 0 Å². The van der Waals surface area contributed by atoms with Crippen molar-refractivity contribution < 1.29 is 13.2 Å². The molecular weight excluding hydrogens is 362 g/mol. The monoisotopic (exact) mass is 375 g/mol. The summed E-state index contributed by atoms with van der Waals surface area (Å²) in [6, 6.07) is 8.55. The average molecular weight is 376 g/mol. The molecule has 0 fully saturated rings. The first kappa shape index (κ1) is 15.3. The van der Waals surface area contributed by atoms with E-state index in [9.17, 15) is 8.42 Å². The third-order valence-corrected chi connectivity index (χ3v) is 6.05. The Morgan fingerprint density at radius 2 is 2.05 bits per heavy atom. The van der Waals surface area contributed by atoms with Crippen molar-refractivity contribution >= 4 is 43.0 Å². The molecule has 0 saturated carbocycles. The highest BCUT2D eigenvalue weighted by Crippen LogP contribution is 2.29. The Bertz CT molecular complexity index is 710. The largest absolute Gasteiger partial charge is 0.494 e. The number of hydrogen-bond acceptors (Lipinski definition) is 4. The Balaban J connectivity index is 2.25. The summed E-state index contributed by atoms with van der Waals surface area (Å²) in [6.07, 6.45) is 0. The molecule has 4 nitrogen and oxygen atoms in total. The number of hydrogen-bond donors (Lipinski definition) is 1. The van der Waals surface area contributed by atoms with E-state index in [-0.39, 0.29) is 4.21 Å². The van der Waals surface area contributed by atoms with E-state index in [0.717, 1.165) is 15.1 Å². The summed E-state index contributed by atoms with van der Waals surface area (Å²) < 4.78 is 33.5. The Hall–Kier alpha value is -1.05. The van der Waals surface area contributed by atoms with Crippen LogP contribution in [0, 0.1) is 6.92 Å². The standard InChI is InChI=1S/C13H14BrNO3S2/c1-3-18-10-4-5-11(9(2)8-10)15-20(16,17)13-7-6-12(14)19-13/h4-8,15H,3H2,1-2H3. The molecule has 0 aliphatic rings. The van der Waals surface area contributed by atoms with Gasteiger partial charge < -0.3 is 4.74 Å². The molecule has 1 aromatic carbocycles. The van der Waals surface area contributed by atoms with Gasteiger partial charge in [0.15, 0.2) is 0 Å². The fourth-order valence-electron chi connectivity index (χ4n) is 1.64. The van der Waals surface area contributed by atoms with Gasteiger partial charge in [0.1, 0.15) is 9.96 Å². The number of rotatable bonds is 5. The SMILES string of the molecule is CCOc1ccc(NS(=O)(=O)c2ccc(Br)s2)c(C)c1. The van der Waals surface area contributed by atoms with Crippen LogP contribution in [-0.4, -0.2) is 15.0 Å². The number of aryl methyl sites for hydroxylation is 1. The molecule has 0 radical (unpaired) electrons. The van der Waals surface area contributed by atoms with E-state index in [0.29, 0.717) is 12.3 Å². The van der Waals surface area contributed by atoms with Crippen LogP contribution >= 0.6 is 27.3 Å². The van der Waals surface area contributed by atoms with Gasteiger partial charge in [0.2, 0.25) is 0 Å². The molecule has 0 bridgehead atoms. The van der Waals surface area contributed by atoms with Gasteiger partial charge in [0.05, 0.1) is 16.1 Å². The number of halogens is 1. The number of anilines is 1. The lowest BCUT2D eigenvalue weighted by Gasteiger charge is -2.11. The van der Waals surface area contributed by atoms with Crippen LogP contribution in [0.15, 0.2) is 38.3 Å². The fraction of sp³-hybridized carbons (Fsp3) is 0.231. The molecule has 2 rings (SSSR count). The first-order valence-electron chi connectivity index (χ1n) is 5.94. The molecular formula is C13H14BrNO3S2. The summed E-state index contributed by atoms with van der Waals surface area (Å²) in [5.41, 5.74) is 1.37. The predicted octanol–water partition coefficient (Wildman–Crippen LogP) is 4.02. The maximum Gasteiger partial charge on any atom is 0.271 e. The molecule has 20 heavy (non-hydrogen) atoms. The first-order valence-corrected chi connectivity index (χ1v) is 9.03. The van der Waals surface area contributed by atoms with Crippen molar-refractivity contribution in [2.75, 3.05) is 11.3 Å². The Morgan fingerprint density at radius 3 is 2.60 bits per heavy atom. The number of ether oxygens (including phenoxy) is 1. The second-order valence-corrected chi connectivity index (χ2v) is 8.45. The highest BCUT2D eigenvalue weighted by molar-refractivity contribution is 9.11. The van der Waals surface area contributed by atoms with Gasteiger partial charge in [-0.05, 0) is 65.7 Å². The van der Waals surface area contributed by atoms with Crippen LogP contribution in [0.3, 0.4) is 0 Å². The summed E-state index contributed by atoms with van der Waals surface area (Å²) in [5.74, 6) is 0.729. The third kappa shape index (κ3) is 3.53. The zero-order valence-electron chi connectivity index (χ0n) is 11.0. The van der Waals surface area contributed by atoms with Crippen molar-refractivity contribution in [1.82, 2.24) is 0 Å². The molecule has 0 unspecified atom stereocenters. The van der Waals surface area contributed by atoms with Crippen LogP contribution in [0.2, 0.25) is 0 Å². The van der Waals surface area contributed by atoms with Crippen LogP contribution < -0.4 is 9.46 Å². The molecule has 2 aromatic rings.